The van der Waals surface area contributed by atoms with E-state index in [1.807, 2.05) is 47.4 Å². The molecule has 9 nitrogen and oxygen atoms in total. The quantitative estimate of drug-likeness (QED) is 0.256. The maximum Gasteiger partial charge on any atom is 0.573 e. The van der Waals surface area contributed by atoms with Crippen molar-refractivity contribution < 1.29 is 32.0 Å². The topological polar surface area (TPSA) is 110 Å². The summed E-state index contributed by atoms with van der Waals surface area (Å²) in [6.45, 7) is 3.63. The molecule has 1 aliphatic carbocycles. The van der Waals surface area contributed by atoms with Crippen LogP contribution in [0.4, 0.5) is 13.2 Å². The molecular weight excluding hydrogens is 587 g/mol. The third kappa shape index (κ3) is 7.51. The van der Waals surface area contributed by atoms with Crippen molar-refractivity contribution in [3.05, 3.63) is 101 Å². The number of hydrogen-bond acceptors (Lipinski definition) is 7. The van der Waals surface area contributed by atoms with Crippen LogP contribution in [0.5, 0.6) is 5.75 Å². The third-order valence-electron chi connectivity index (χ3n) is 8.11. The summed E-state index contributed by atoms with van der Waals surface area (Å²) in [7, 11) is 0. The zero-order valence-electron chi connectivity index (χ0n) is 24.6. The summed E-state index contributed by atoms with van der Waals surface area (Å²) in [4.78, 5) is 32.1. The first-order valence-corrected chi connectivity index (χ1v) is 14.7. The number of aromatic nitrogens is 2. The van der Waals surface area contributed by atoms with Crippen molar-refractivity contribution in [1.82, 2.24) is 25.7 Å². The summed E-state index contributed by atoms with van der Waals surface area (Å²) < 4.78 is 48.2. The Hall–Kier alpha value is -4.71. The van der Waals surface area contributed by atoms with Gasteiger partial charge in [-0.1, -0.05) is 59.8 Å². The molecular formula is C33H32F3N5O4. The number of nitrogens with zero attached hydrogens (tertiary/aromatic N) is 3. The number of nitrogens with one attached hydrogen (secondary N) is 2. The zero-order chi connectivity index (χ0) is 31.6. The first kappa shape index (κ1) is 30.3. The highest BCUT2D eigenvalue weighted by Gasteiger charge is 2.47. The molecule has 4 aromatic rings. The van der Waals surface area contributed by atoms with Crippen molar-refractivity contribution >= 4 is 11.8 Å². The number of amides is 2. The molecule has 45 heavy (non-hydrogen) atoms. The van der Waals surface area contributed by atoms with Gasteiger partial charge in [-0.25, -0.2) is 0 Å². The van der Waals surface area contributed by atoms with Crippen molar-refractivity contribution in [2.45, 2.75) is 51.7 Å². The standard InChI is InChI=1S/C33H32F3N5O4/c1-20-39-32(45-40-20)28-15-27(28)31(43)38-17-23-10-11-25(22-8-5-9-24(14-22)44-33(34,35)36)26-12-13-41(18-29(23)26)19-30(42)37-16-21-6-3-2-4-7-21/h2-11,14,27-28H,12-13,15-19H2,1H3,(H,37,42)(H,38,43). The molecule has 1 aliphatic heterocycles. The van der Waals surface area contributed by atoms with Gasteiger partial charge in [-0.3, -0.25) is 14.5 Å². The van der Waals surface area contributed by atoms with Crippen LogP contribution < -0.4 is 15.4 Å². The molecule has 2 N–H and O–H groups in total. The lowest BCUT2D eigenvalue weighted by Gasteiger charge is -2.31. The summed E-state index contributed by atoms with van der Waals surface area (Å²) in [6, 6.07) is 19.3. The maximum atomic E-state index is 13.0. The van der Waals surface area contributed by atoms with Gasteiger partial charge in [-0.05, 0) is 65.3 Å². The van der Waals surface area contributed by atoms with Gasteiger partial charge in [0, 0.05) is 26.2 Å². The van der Waals surface area contributed by atoms with Gasteiger partial charge >= 0.3 is 6.36 Å². The van der Waals surface area contributed by atoms with E-state index in [4.69, 9.17) is 4.52 Å². The lowest BCUT2D eigenvalue weighted by Crippen LogP contribution is -2.40. The summed E-state index contributed by atoms with van der Waals surface area (Å²) >= 11 is 0. The minimum absolute atomic E-state index is 0.0985. The van der Waals surface area contributed by atoms with Crippen LogP contribution in [0.2, 0.25) is 0 Å². The van der Waals surface area contributed by atoms with Crippen LogP contribution in [-0.2, 0) is 35.6 Å². The Morgan fingerprint density at radius 3 is 2.60 bits per heavy atom. The van der Waals surface area contributed by atoms with Crippen molar-refractivity contribution in [2.75, 3.05) is 13.1 Å². The number of hydrogen-bond donors (Lipinski definition) is 2. The SMILES string of the molecule is Cc1noc(C2CC2C(=O)NCc2ccc(-c3cccc(OC(F)(F)F)c3)c3c2CN(CC(=O)NCc2ccccc2)CC3)n1. The molecule has 2 amide bonds. The molecule has 0 spiro atoms. The van der Waals surface area contributed by atoms with Gasteiger partial charge in [0.2, 0.25) is 17.7 Å². The largest absolute Gasteiger partial charge is 0.573 e. The van der Waals surface area contributed by atoms with Crippen LogP contribution in [-0.4, -0.2) is 46.3 Å². The molecule has 2 atom stereocenters. The average molecular weight is 620 g/mol. The fraction of sp³-hybridized carbons (Fsp3) is 0.333. The molecule has 234 valence electrons. The van der Waals surface area contributed by atoms with E-state index in [1.54, 1.807) is 13.0 Å². The lowest BCUT2D eigenvalue weighted by molar-refractivity contribution is -0.274. The Balaban J connectivity index is 1.20. The number of carbonyl (C=O) groups is 2. The first-order chi connectivity index (χ1) is 21.6. The van der Waals surface area contributed by atoms with Crippen molar-refractivity contribution in [3.8, 4) is 16.9 Å². The molecule has 2 heterocycles. The van der Waals surface area contributed by atoms with E-state index in [9.17, 15) is 22.8 Å². The molecule has 2 aliphatic rings. The van der Waals surface area contributed by atoms with Gasteiger partial charge in [0.25, 0.3) is 0 Å². The maximum absolute atomic E-state index is 13.0. The summed E-state index contributed by atoms with van der Waals surface area (Å²) in [5.74, 6) is 0.122. The average Bonchev–Trinajstić information content (AvgIpc) is 3.70. The highest BCUT2D eigenvalue weighted by Crippen LogP contribution is 2.47. The van der Waals surface area contributed by atoms with Gasteiger partial charge in [0.1, 0.15) is 5.75 Å². The van der Waals surface area contributed by atoms with Crippen molar-refractivity contribution in [3.63, 3.8) is 0 Å². The van der Waals surface area contributed by atoms with E-state index in [2.05, 4.69) is 25.5 Å². The first-order valence-electron chi connectivity index (χ1n) is 14.7. The van der Waals surface area contributed by atoms with Gasteiger partial charge in [0.05, 0.1) is 18.4 Å². The molecule has 12 heteroatoms. The number of rotatable bonds is 10. The Bertz CT molecular complexity index is 1690. The summed E-state index contributed by atoms with van der Waals surface area (Å²) in [5.41, 5.74) is 5.17. The number of alkyl halides is 3. The van der Waals surface area contributed by atoms with Gasteiger partial charge in [0.15, 0.2) is 5.82 Å². The second kappa shape index (κ2) is 12.7. The van der Waals surface area contributed by atoms with E-state index >= 15 is 0 Å². The Labute approximate surface area is 257 Å². The fourth-order valence-corrected chi connectivity index (χ4v) is 5.82. The Morgan fingerprint density at radius 1 is 1.02 bits per heavy atom. The lowest BCUT2D eigenvalue weighted by atomic mass is 9.87. The van der Waals surface area contributed by atoms with Crippen LogP contribution >= 0.6 is 0 Å². The predicted octanol–water partition coefficient (Wildman–Crippen LogP) is 5.04. The van der Waals surface area contributed by atoms with Crippen LogP contribution in [0.15, 0.2) is 71.3 Å². The third-order valence-corrected chi connectivity index (χ3v) is 8.11. The minimum Gasteiger partial charge on any atom is -0.406 e. The summed E-state index contributed by atoms with van der Waals surface area (Å²) in [5, 5.41) is 9.81. The fourth-order valence-electron chi connectivity index (χ4n) is 5.82. The number of carbonyl (C=O) groups excluding carboxylic acids is 2. The smallest absolute Gasteiger partial charge is 0.406 e. The number of halogens is 3. The highest BCUT2D eigenvalue weighted by molar-refractivity contribution is 5.82. The van der Waals surface area contributed by atoms with E-state index in [-0.39, 0.29) is 42.5 Å². The second-order valence-electron chi connectivity index (χ2n) is 11.4. The van der Waals surface area contributed by atoms with Gasteiger partial charge in [-0.15, -0.1) is 13.2 Å². The molecule has 0 radical (unpaired) electrons. The molecule has 2 unspecified atom stereocenters. The zero-order valence-corrected chi connectivity index (χ0v) is 24.6. The molecule has 1 saturated carbocycles. The van der Waals surface area contributed by atoms with Crippen LogP contribution in [0.3, 0.4) is 0 Å². The monoisotopic (exact) mass is 619 g/mol. The van der Waals surface area contributed by atoms with E-state index in [0.717, 1.165) is 27.8 Å². The summed E-state index contributed by atoms with van der Waals surface area (Å²) in [6.07, 6.45) is -3.60. The van der Waals surface area contributed by atoms with E-state index in [0.29, 0.717) is 49.8 Å². The molecule has 3 aromatic carbocycles. The molecule has 0 saturated heterocycles. The molecule has 1 aromatic heterocycles. The normalized spacial score (nSPS) is 17.8. The number of ether oxygens (including phenoxy) is 1. The predicted molar refractivity (Wildman–Crippen MR) is 158 cm³/mol. The Morgan fingerprint density at radius 2 is 1.84 bits per heavy atom. The number of benzene rings is 3. The van der Waals surface area contributed by atoms with Crippen LogP contribution in [0.25, 0.3) is 11.1 Å². The molecule has 1 fully saturated rings. The minimum atomic E-state index is -4.80. The van der Waals surface area contributed by atoms with Crippen molar-refractivity contribution in [2.24, 2.45) is 5.92 Å². The van der Waals surface area contributed by atoms with Crippen molar-refractivity contribution in [1.29, 1.82) is 0 Å². The van der Waals surface area contributed by atoms with Gasteiger partial charge in [-0.2, -0.15) is 4.98 Å². The highest BCUT2D eigenvalue weighted by atomic mass is 19.4. The van der Waals surface area contributed by atoms with Crippen LogP contribution in [0, 0.1) is 12.8 Å². The van der Waals surface area contributed by atoms with E-state index in [1.165, 1.54) is 18.2 Å². The molecule has 0 bridgehead atoms. The number of fused-ring (bicyclic) bond motifs is 1. The van der Waals surface area contributed by atoms with E-state index < -0.39 is 6.36 Å². The second-order valence-corrected chi connectivity index (χ2v) is 11.4. The molecule has 6 rings (SSSR count). The Kier molecular flexibility index (Phi) is 8.57. The van der Waals surface area contributed by atoms with Gasteiger partial charge < -0.3 is 19.9 Å². The van der Waals surface area contributed by atoms with Crippen LogP contribution in [0.1, 0.15) is 46.3 Å². The number of aryl methyl sites for hydroxylation is 1.